The number of benzene rings is 1. The second-order valence-corrected chi connectivity index (χ2v) is 5.41. The van der Waals surface area contributed by atoms with Crippen molar-refractivity contribution in [3.05, 3.63) is 34.5 Å². The molecule has 2 heterocycles. The van der Waals surface area contributed by atoms with Gasteiger partial charge in [0.2, 0.25) is 0 Å². The zero-order valence-corrected chi connectivity index (χ0v) is 11.3. The van der Waals surface area contributed by atoms with Crippen LogP contribution in [0.1, 0.15) is 22.4 Å². The Hall–Kier alpha value is -1.32. The molecule has 0 saturated carbocycles. The van der Waals surface area contributed by atoms with E-state index in [0.29, 0.717) is 0 Å². The minimum Gasteiger partial charge on any atom is -0.396 e. The van der Waals surface area contributed by atoms with E-state index < -0.39 is 0 Å². The Morgan fingerprint density at radius 2 is 1.83 bits per heavy atom. The molecule has 1 aliphatic heterocycles. The molecule has 96 valence electrons. The van der Waals surface area contributed by atoms with Gasteiger partial charge in [0.15, 0.2) is 0 Å². The fourth-order valence-electron chi connectivity index (χ4n) is 3.13. The molecule has 0 amide bonds. The summed E-state index contributed by atoms with van der Waals surface area (Å²) in [7, 11) is 4.27. The summed E-state index contributed by atoms with van der Waals surface area (Å²) in [5.41, 5.74) is 6.75. The standard InChI is InChI=1S/C15H20N2O/c1-10-13(4-5-18)14-6-11-8-16(2)9-12(11)7-15(14)17(10)3/h6-7,18H,4-5,8-9H2,1-3H3. The van der Waals surface area contributed by atoms with Crippen LogP contribution >= 0.6 is 0 Å². The highest BCUT2D eigenvalue weighted by Gasteiger charge is 2.19. The quantitative estimate of drug-likeness (QED) is 0.875. The van der Waals surface area contributed by atoms with Gasteiger partial charge in [0.25, 0.3) is 0 Å². The molecule has 3 heteroatoms. The van der Waals surface area contributed by atoms with Crippen molar-refractivity contribution in [2.24, 2.45) is 7.05 Å². The van der Waals surface area contributed by atoms with Crippen molar-refractivity contribution in [1.29, 1.82) is 0 Å². The normalized spacial score (nSPS) is 15.6. The first-order valence-electron chi connectivity index (χ1n) is 6.51. The van der Waals surface area contributed by atoms with E-state index in [0.717, 1.165) is 19.5 Å². The minimum absolute atomic E-state index is 0.219. The van der Waals surface area contributed by atoms with Gasteiger partial charge in [0.1, 0.15) is 0 Å². The third-order valence-electron chi connectivity index (χ3n) is 4.19. The van der Waals surface area contributed by atoms with Crippen LogP contribution in [0.5, 0.6) is 0 Å². The van der Waals surface area contributed by atoms with Gasteiger partial charge in [-0.2, -0.15) is 0 Å². The molecule has 1 aromatic carbocycles. The smallest absolute Gasteiger partial charge is 0.0486 e. The fraction of sp³-hybridized carbons (Fsp3) is 0.467. The number of aryl methyl sites for hydroxylation is 1. The highest BCUT2D eigenvalue weighted by Crippen LogP contribution is 2.31. The first-order valence-corrected chi connectivity index (χ1v) is 6.51. The van der Waals surface area contributed by atoms with E-state index in [1.165, 1.54) is 33.3 Å². The van der Waals surface area contributed by atoms with E-state index in [2.05, 4.69) is 42.6 Å². The Bertz CT molecular complexity index is 613. The van der Waals surface area contributed by atoms with Gasteiger partial charge in [-0.15, -0.1) is 0 Å². The lowest BCUT2D eigenvalue weighted by Gasteiger charge is -2.03. The van der Waals surface area contributed by atoms with E-state index in [-0.39, 0.29) is 6.61 Å². The second kappa shape index (κ2) is 4.11. The summed E-state index contributed by atoms with van der Waals surface area (Å²) in [6, 6.07) is 4.65. The molecule has 0 radical (unpaired) electrons. The maximum absolute atomic E-state index is 9.23. The Kier molecular flexibility index (Phi) is 2.68. The molecule has 0 unspecified atom stereocenters. The van der Waals surface area contributed by atoms with Crippen LogP contribution in [0.3, 0.4) is 0 Å². The van der Waals surface area contributed by atoms with Gasteiger partial charge in [0.05, 0.1) is 0 Å². The average Bonchev–Trinajstić information content (AvgIpc) is 2.80. The van der Waals surface area contributed by atoms with Gasteiger partial charge >= 0.3 is 0 Å². The number of rotatable bonds is 2. The summed E-state index contributed by atoms with van der Waals surface area (Å²) in [6.07, 6.45) is 0.748. The molecule has 1 aliphatic rings. The Labute approximate surface area is 108 Å². The number of aliphatic hydroxyl groups excluding tert-OH is 1. The van der Waals surface area contributed by atoms with Crippen LogP contribution in [0, 0.1) is 6.92 Å². The summed E-state index contributed by atoms with van der Waals surface area (Å²) in [4.78, 5) is 2.34. The molecular weight excluding hydrogens is 224 g/mol. The Morgan fingerprint density at radius 1 is 1.17 bits per heavy atom. The molecule has 0 spiro atoms. The Morgan fingerprint density at radius 3 is 2.50 bits per heavy atom. The van der Waals surface area contributed by atoms with Crippen molar-refractivity contribution in [2.45, 2.75) is 26.4 Å². The maximum atomic E-state index is 9.23. The topological polar surface area (TPSA) is 28.4 Å². The van der Waals surface area contributed by atoms with Crippen LogP contribution in [-0.4, -0.2) is 28.2 Å². The molecular formula is C15H20N2O. The molecule has 0 atom stereocenters. The van der Waals surface area contributed by atoms with Crippen molar-refractivity contribution in [2.75, 3.05) is 13.7 Å². The number of hydrogen-bond acceptors (Lipinski definition) is 2. The molecule has 1 aromatic heterocycles. The van der Waals surface area contributed by atoms with Crippen molar-refractivity contribution >= 4 is 10.9 Å². The lowest BCUT2D eigenvalue weighted by atomic mass is 10.0. The van der Waals surface area contributed by atoms with E-state index in [1.807, 2.05) is 0 Å². The van der Waals surface area contributed by atoms with Gasteiger partial charge in [0, 0.05) is 43.3 Å². The molecule has 1 N–H and O–H groups in total. The summed E-state index contributed by atoms with van der Waals surface area (Å²) in [5, 5.41) is 10.5. The number of aromatic nitrogens is 1. The van der Waals surface area contributed by atoms with E-state index >= 15 is 0 Å². The van der Waals surface area contributed by atoms with Gasteiger partial charge in [-0.25, -0.2) is 0 Å². The van der Waals surface area contributed by atoms with Crippen molar-refractivity contribution < 1.29 is 5.11 Å². The fourth-order valence-corrected chi connectivity index (χ4v) is 3.13. The monoisotopic (exact) mass is 244 g/mol. The maximum Gasteiger partial charge on any atom is 0.0486 e. The lowest BCUT2D eigenvalue weighted by molar-refractivity contribution is 0.299. The number of nitrogens with zero attached hydrogens (tertiary/aromatic N) is 2. The first kappa shape index (κ1) is 11.8. The highest BCUT2D eigenvalue weighted by atomic mass is 16.2. The summed E-state index contributed by atoms with van der Waals surface area (Å²) < 4.78 is 2.25. The third kappa shape index (κ3) is 1.58. The largest absolute Gasteiger partial charge is 0.396 e. The van der Waals surface area contributed by atoms with Gasteiger partial charge in [-0.1, -0.05) is 0 Å². The first-order chi connectivity index (χ1) is 8.61. The van der Waals surface area contributed by atoms with Crippen molar-refractivity contribution in [3.63, 3.8) is 0 Å². The molecule has 3 nitrogen and oxygen atoms in total. The third-order valence-corrected chi connectivity index (χ3v) is 4.19. The predicted octanol–water partition coefficient (Wildman–Crippen LogP) is 1.97. The van der Waals surface area contributed by atoms with Crippen molar-refractivity contribution in [1.82, 2.24) is 9.47 Å². The molecule has 2 aromatic rings. The summed E-state index contributed by atoms with van der Waals surface area (Å²) >= 11 is 0. The molecule has 0 aliphatic carbocycles. The van der Waals surface area contributed by atoms with Crippen LogP contribution in [0.15, 0.2) is 12.1 Å². The summed E-state index contributed by atoms with van der Waals surface area (Å²) in [5.74, 6) is 0. The molecule has 0 fully saturated rings. The van der Waals surface area contributed by atoms with Crippen LogP contribution in [0.4, 0.5) is 0 Å². The van der Waals surface area contributed by atoms with E-state index in [1.54, 1.807) is 0 Å². The van der Waals surface area contributed by atoms with Crippen LogP contribution in [-0.2, 0) is 26.6 Å². The minimum atomic E-state index is 0.219. The SMILES string of the molecule is Cc1c(CCO)c2cc3c(cc2n1C)CN(C)C3. The van der Waals surface area contributed by atoms with Crippen molar-refractivity contribution in [3.8, 4) is 0 Å². The Balaban J connectivity index is 2.25. The number of fused-ring (bicyclic) bond motifs is 2. The molecule has 0 saturated heterocycles. The van der Waals surface area contributed by atoms with Crippen LogP contribution < -0.4 is 0 Å². The average molecular weight is 244 g/mol. The van der Waals surface area contributed by atoms with Crippen LogP contribution in [0.25, 0.3) is 10.9 Å². The van der Waals surface area contributed by atoms with Gasteiger partial charge in [-0.3, -0.25) is 4.90 Å². The zero-order valence-electron chi connectivity index (χ0n) is 11.3. The second-order valence-electron chi connectivity index (χ2n) is 5.41. The van der Waals surface area contributed by atoms with Gasteiger partial charge < -0.3 is 9.67 Å². The predicted molar refractivity (Wildman–Crippen MR) is 73.6 cm³/mol. The molecule has 18 heavy (non-hydrogen) atoms. The van der Waals surface area contributed by atoms with E-state index in [9.17, 15) is 5.11 Å². The number of hydrogen-bond donors (Lipinski definition) is 1. The molecule has 0 bridgehead atoms. The molecule has 3 rings (SSSR count). The van der Waals surface area contributed by atoms with Gasteiger partial charge in [-0.05, 0) is 49.2 Å². The van der Waals surface area contributed by atoms with E-state index in [4.69, 9.17) is 0 Å². The lowest BCUT2D eigenvalue weighted by Crippen LogP contribution is -2.07. The number of aliphatic hydroxyl groups is 1. The van der Waals surface area contributed by atoms with Crippen LogP contribution in [0.2, 0.25) is 0 Å². The summed E-state index contributed by atoms with van der Waals surface area (Å²) in [6.45, 7) is 4.45. The highest BCUT2D eigenvalue weighted by molar-refractivity contribution is 5.87. The zero-order chi connectivity index (χ0) is 12.9.